The lowest BCUT2D eigenvalue weighted by atomic mass is 10.1. The number of carbonyl (C=O) groups excluding carboxylic acids is 2. The molecule has 0 atom stereocenters. The average molecular weight is 310 g/mol. The van der Waals surface area contributed by atoms with Gasteiger partial charge in [-0.1, -0.05) is 6.07 Å². The van der Waals surface area contributed by atoms with E-state index in [1.165, 1.54) is 4.90 Å². The van der Waals surface area contributed by atoms with E-state index in [1.54, 1.807) is 25.2 Å². The van der Waals surface area contributed by atoms with Gasteiger partial charge in [0, 0.05) is 18.3 Å². The topological polar surface area (TPSA) is 58.6 Å². The standard InChI is InChI=1S/C18H18N2O3/c1-11-6-12(2)8-14(7-11)19-18(22)13-4-5-16-15(9-13)20(3)17(21)10-23-16/h4-9H,10H2,1-3H3,(H,19,22). The lowest BCUT2D eigenvalue weighted by Crippen LogP contribution is -2.35. The molecule has 5 heteroatoms. The molecule has 2 amide bonds. The summed E-state index contributed by atoms with van der Waals surface area (Å²) < 4.78 is 5.37. The first kappa shape index (κ1) is 15.1. The fraction of sp³-hybridized carbons (Fsp3) is 0.222. The number of amides is 2. The van der Waals surface area contributed by atoms with Crippen molar-refractivity contribution < 1.29 is 14.3 Å². The summed E-state index contributed by atoms with van der Waals surface area (Å²) in [5, 5.41) is 2.89. The zero-order valence-corrected chi connectivity index (χ0v) is 13.3. The van der Waals surface area contributed by atoms with E-state index in [0.717, 1.165) is 16.8 Å². The molecule has 23 heavy (non-hydrogen) atoms. The molecule has 0 aromatic heterocycles. The average Bonchev–Trinajstić information content (AvgIpc) is 2.49. The second kappa shape index (κ2) is 5.76. The maximum atomic E-state index is 12.5. The molecule has 0 radical (unpaired) electrons. The number of hydrogen-bond donors (Lipinski definition) is 1. The highest BCUT2D eigenvalue weighted by atomic mass is 16.5. The van der Waals surface area contributed by atoms with Crippen molar-refractivity contribution in [2.75, 3.05) is 23.9 Å². The minimum atomic E-state index is -0.218. The molecule has 3 rings (SSSR count). The number of nitrogens with one attached hydrogen (secondary N) is 1. The van der Waals surface area contributed by atoms with Crippen molar-refractivity contribution in [3.8, 4) is 5.75 Å². The fourth-order valence-corrected chi connectivity index (χ4v) is 2.66. The lowest BCUT2D eigenvalue weighted by molar-refractivity contribution is -0.120. The van der Waals surface area contributed by atoms with Gasteiger partial charge in [-0.15, -0.1) is 0 Å². The molecule has 2 aromatic rings. The highest BCUT2D eigenvalue weighted by molar-refractivity contribution is 6.06. The Labute approximate surface area is 134 Å². The summed E-state index contributed by atoms with van der Waals surface area (Å²) in [6, 6.07) is 11.0. The van der Waals surface area contributed by atoms with Crippen molar-refractivity contribution in [2.45, 2.75) is 13.8 Å². The van der Waals surface area contributed by atoms with Crippen LogP contribution in [-0.4, -0.2) is 25.5 Å². The third kappa shape index (κ3) is 3.04. The van der Waals surface area contributed by atoms with Crippen molar-refractivity contribution in [3.05, 3.63) is 53.1 Å². The van der Waals surface area contributed by atoms with Gasteiger partial charge in [-0.25, -0.2) is 0 Å². The Morgan fingerprint density at radius 1 is 1.13 bits per heavy atom. The van der Waals surface area contributed by atoms with E-state index in [4.69, 9.17) is 4.74 Å². The van der Waals surface area contributed by atoms with Gasteiger partial charge in [0.2, 0.25) is 0 Å². The van der Waals surface area contributed by atoms with Crippen molar-refractivity contribution in [1.29, 1.82) is 0 Å². The summed E-state index contributed by atoms with van der Waals surface area (Å²) in [6.45, 7) is 4.00. The summed E-state index contributed by atoms with van der Waals surface area (Å²) in [5.41, 5.74) is 4.02. The first-order chi connectivity index (χ1) is 10.9. The molecule has 1 N–H and O–H groups in total. The molecule has 2 aromatic carbocycles. The molecule has 0 unspecified atom stereocenters. The second-order valence-corrected chi connectivity index (χ2v) is 5.75. The molecule has 1 aliphatic rings. The van der Waals surface area contributed by atoms with Crippen LogP contribution in [0, 0.1) is 13.8 Å². The van der Waals surface area contributed by atoms with Crippen molar-refractivity contribution in [1.82, 2.24) is 0 Å². The number of fused-ring (bicyclic) bond motifs is 1. The van der Waals surface area contributed by atoms with Gasteiger partial charge in [-0.2, -0.15) is 0 Å². The van der Waals surface area contributed by atoms with E-state index in [0.29, 0.717) is 17.0 Å². The number of ether oxygens (including phenoxy) is 1. The first-order valence-electron chi connectivity index (χ1n) is 7.37. The van der Waals surface area contributed by atoms with Gasteiger partial charge < -0.3 is 15.0 Å². The van der Waals surface area contributed by atoms with Gasteiger partial charge >= 0.3 is 0 Å². The maximum Gasteiger partial charge on any atom is 0.264 e. The molecule has 0 bridgehead atoms. The van der Waals surface area contributed by atoms with Crippen LogP contribution in [0.2, 0.25) is 0 Å². The molecule has 0 spiro atoms. The van der Waals surface area contributed by atoms with Gasteiger partial charge in [0.1, 0.15) is 5.75 Å². The Bertz CT molecular complexity index is 779. The minimum Gasteiger partial charge on any atom is -0.482 e. The first-order valence-corrected chi connectivity index (χ1v) is 7.37. The second-order valence-electron chi connectivity index (χ2n) is 5.75. The molecule has 118 valence electrons. The number of benzene rings is 2. The molecule has 0 saturated carbocycles. The van der Waals surface area contributed by atoms with Gasteiger partial charge in [-0.05, 0) is 55.3 Å². The molecule has 0 fully saturated rings. The Morgan fingerprint density at radius 3 is 2.52 bits per heavy atom. The van der Waals surface area contributed by atoms with E-state index < -0.39 is 0 Å². The van der Waals surface area contributed by atoms with Crippen LogP contribution in [0.15, 0.2) is 36.4 Å². The Hall–Kier alpha value is -2.82. The van der Waals surface area contributed by atoms with Gasteiger partial charge in [0.15, 0.2) is 6.61 Å². The number of anilines is 2. The highest BCUT2D eigenvalue weighted by Crippen LogP contribution is 2.32. The smallest absolute Gasteiger partial charge is 0.264 e. The van der Waals surface area contributed by atoms with Gasteiger partial charge in [0.05, 0.1) is 5.69 Å². The number of nitrogens with zero attached hydrogens (tertiary/aromatic N) is 1. The Kier molecular flexibility index (Phi) is 3.78. The number of likely N-dealkylation sites (N-methyl/N-ethyl adjacent to an activating group) is 1. The van der Waals surface area contributed by atoms with Crippen molar-refractivity contribution in [2.24, 2.45) is 0 Å². The molecular weight excluding hydrogens is 292 g/mol. The third-order valence-electron chi connectivity index (χ3n) is 3.79. The van der Waals surface area contributed by atoms with E-state index in [2.05, 4.69) is 5.32 Å². The van der Waals surface area contributed by atoms with Crippen LogP contribution in [0.4, 0.5) is 11.4 Å². The zero-order chi connectivity index (χ0) is 16.6. The van der Waals surface area contributed by atoms with Crippen LogP contribution in [0.1, 0.15) is 21.5 Å². The van der Waals surface area contributed by atoms with Crippen LogP contribution in [0.5, 0.6) is 5.75 Å². The quantitative estimate of drug-likeness (QED) is 0.928. The zero-order valence-electron chi connectivity index (χ0n) is 13.3. The normalized spacial score (nSPS) is 13.3. The van der Waals surface area contributed by atoms with Crippen LogP contribution in [-0.2, 0) is 4.79 Å². The van der Waals surface area contributed by atoms with Crippen LogP contribution in [0.25, 0.3) is 0 Å². The fourth-order valence-electron chi connectivity index (χ4n) is 2.66. The SMILES string of the molecule is Cc1cc(C)cc(NC(=O)c2ccc3c(c2)N(C)C(=O)CO3)c1. The summed E-state index contributed by atoms with van der Waals surface area (Å²) in [5.74, 6) is 0.253. The molecule has 1 heterocycles. The van der Waals surface area contributed by atoms with Crippen LogP contribution >= 0.6 is 0 Å². The van der Waals surface area contributed by atoms with Crippen LogP contribution in [0.3, 0.4) is 0 Å². The van der Waals surface area contributed by atoms with E-state index in [9.17, 15) is 9.59 Å². The number of carbonyl (C=O) groups is 2. The van der Waals surface area contributed by atoms with Gasteiger partial charge in [0.25, 0.3) is 11.8 Å². The predicted molar refractivity (Wildman–Crippen MR) is 89.2 cm³/mol. The lowest BCUT2D eigenvalue weighted by Gasteiger charge is -2.26. The van der Waals surface area contributed by atoms with Gasteiger partial charge in [-0.3, -0.25) is 9.59 Å². The molecular formula is C18H18N2O3. The van der Waals surface area contributed by atoms with Crippen molar-refractivity contribution in [3.63, 3.8) is 0 Å². The van der Waals surface area contributed by atoms with Crippen LogP contribution < -0.4 is 15.0 Å². The predicted octanol–water partition coefficient (Wildman–Crippen LogP) is 2.91. The van der Waals surface area contributed by atoms with E-state index in [-0.39, 0.29) is 18.4 Å². The summed E-state index contributed by atoms with van der Waals surface area (Å²) in [7, 11) is 1.68. The summed E-state index contributed by atoms with van der Waals surface area (Å²) in [6.07, 6.45) is 0. The summed E-state index contributed by atoms with van der Waals surface area (Å²) in [4.78, 5) is 25.7. The minimum absolute atomic E-state index is 0.0254. The molecule has 1 aliphatic heterocycles. The van der Waals surface area contributed by atoms with Crippen molar-refractivity contribution >= 4 is 23.2 Å². The number of rotatable bonds is 2. The number of hydrogen-bond acceptors (Lipinski definition) is 3. The monoisotopic (exact) mass is 310 g/mol. The third-order valence-corrected chi connectivity index (χ3v) is 3.79. The van der Waals surface area contributed by atoms with E-state index >= 15 is 0 Å². The molecule has 0 saturated heterocycles. The Morgan fingerprint density at radius 2 is 1.83 bits per heavy atom. The number of aryl methyl sites for hydroxylation is 2. The highest BCUT2D eigenvalue weighted by Gasteiger charge is 2.23. The Balaban J connectivity index is 1.87. The largest absolute Gasteiger partial charge is 0.482 e. The molecule has 0 aliphatic carbocycles. The molecule has 5 nitrogen and oxygen atoms in total. The maximum absolute atomic E-state index is 12.5. The van der Waals surface area contributed by atoms with E-state index in [1.807, 2.05) is 32.0 Å². The summed E-state index contributed by atoms with van der Waals surface area (Å²) >= 11 is 0.